The molecule has 2 aromatic rings. The van der Waals surface area contributed by atoms with Gasteiger partial charge < -0.3 is 15.4 Å². The summed E-state index contributed by atoms with van der Waals surface area (Å²) in [5.74, 6) is 0.858. The van der Waals surface area contributed by atoms with Crippen LogP contribution in [0.2, 0.25) is 0 Å². The van der Waals surface area contributed by atoms with Gasteiger partial charge in [0.25, 0.3) is 0 Å². The Balaban J connectivity index is 1.50. The number of carbonyl (C=O) groups excluding carboxylic acids is 1. The number of anilines is 1. The number of benzene rings is 1. The van der Waals surface area contributed by atoms with E-state index in [1.165, 1.54) is 12.8 Å². The van der Waals surface area contributed by atoms with Crippen LogP contribution in [-0.4, -0.2) is 21.9 Å². The van der Waals surface area contributed by atoms with Gasteiger partial charge in [-0.05, 0) is 56.9 Å². The first-order valence-electron chi connectivity index (χ1n) is 8.43. The van der Waals surface area contributed by atoms with Gasteiger partial charge in [0.15, 0.2) is 0 Å². The third-order valence-corrected chi connectivity index (χ3v) is 4.29. The zero-order valence-electron chi connectivity index (χ0n) is 14.2. The van der Waals surface area contributed by atoms with E-state index >= 15 is 0 Å². The van der Waals surface area contributed by atoms with Crippen molar-refractivity contribution in [3.8, 4) is 5.75 Å². The molecule has 0 spiro atoms. The molecule has 2 N–H and O–H groups in total. The second-order valence-corrected chi connectivity index (χ2v) is 6.32. The van der Waals surface area contributed by atoms with Crippen molar-refractivity contribution in [1.29, 1.82) is 0 Å². The van der Waals surface area contributed by atoms with Crippen LogP contribution in [0.1, 0.15) is 44.2 Å². The standard InChI is InChI=1S/C18H24N4O2/c1-13(14-11-19-22(2)12-14)20-18(23)21-15-7-9-17(10-8-15)24-16-5-3-4-6-16/h7-13,16H,3-6H2,1-2H3,(H2,20,21,23)/t13-/m0/s1. The number of nitrogens with one attached hydrogen (secondary N) is 2. The number of aryl methyl sites for hydroxylation is 1. The lowest BCUT2D eigenvalue weighted by atomic mass is 10.2. The summed E-state index contributed by atoms with van der Waals surface area (Å²) in [6, 6.07) is 7.17. The second kappa shape index (κ2) is 7.38. The molecule has 6 heteroatoms. The van der Waals surface area contributed by atoms with Crippen LogP contribution >= 0.6 is 0 Å². The van der Waals surface area contributed by atoms with Gasteiger partial charge in [0.1, 0.15) is 5.75 Å². The number of rotatable bonds is 5. The Morgan fingerprint density at radius 3 is 2.62 bits per heavy atom. The summed E-state index contributed by atoms with van der Waals surface area (Å²) in [6.45, 7) is 1.93. The highest BCUT2D eigenvalue weighted by Gasteiger charge is 2.16. The Bertz CT molecular complexity index is 675. The molecule has 1 atom stereocenters. The largest absolute Gasteiger partial charge is 0.490 e. The van der Waals surface area contributed by atoms with Gasteiger partial charge in [-0.25, -0.2) is 4.79 Å². The Kier molecular flexibility index (Phi) is 5.03. The van der Waals surface area contributed by atoms with Crippen LogP contribution in [0, 0.1) is 0 Å². The van der Waals surface area contributed by atoms with Crippen molar-refractivity contribution in [1.82, 2.24) is 15.1 Å². The molecule has 1 aromatic heterocycles. The molecule has 6 nitrogen and oxygen atoms in total. The normalized spacial score (nSPS) is 15.9. The molecule has 0 bridgehead atoms. The molecular weight excluding hydrogens is 304 g/mol. The van der Waals surface area contributed by atoms with Gasteiger partial charge in [-0.1, -0.05) is 0 Å². The quantitative estimate of drug-likeness (QED) is 0.881. The topological polar surface area (TPSA) is 68.2 Å². The summed E-state index contributed by atoms with van der Waals surface area (Å²) in [5.41, 5.74) is 1.71. The van der Waals surface area contributed by atoms with E-state index in [1.807, 2.05) is 44.4 Å². The maximum Gasteiger partial charge on any atom is 0.319 e. The van der Waals surface area contributed by atoms with Gasteiger partial charge in [0.2, 0.25) is 0 Å². The van der Waals surface area contributed by atoms with Crippen LogP contribution in [0.4, 0.5) is 10.5 Å². The Labute approximate surface area is 142 Å². The number of urea groups is 1. The third-order valence-electron chi connectivity index (χ3n) is 4.29. The predicted octanol–water partition coefficient (Wildman–Crippen LogP) is 3.62. The van der Waals surface area contributed by atoms with Gasteiger partial charge >= 0.3 is 6.03 Å². The fourth-order valence-corrected chi connectivity index (χ4v) is 2.93. The lowest BCUT2D eigenvalue weighted by Gasteiger charge is -2.15. The Morgan fingerprint density at radius 1 is 1.29 bits per heavy atom. The van der Waals surface area contributed by atoms with Crippen molar-refractivity contribution in [3.05, 3.63) is 42.2 Å². The minimum Gasteiger partial charge on any atom is -0.490 e. The van der Waals surface area contributed by atoms with Gasteiger partial charge in [0, 0.05) is 24.5 Å². The van der Waals surface area contributed by atoms with E-state index in [-0.39, 0.29) is 12.1 Å². The van der Waals surface area contributed by atoms with Crippen molar-refractivity contribution in [2.24, 2.45) is 7.05 Å². The van der Waals surface area contributed by atoms with Crippen LogP contribution < -0.4 is 15.4 Å². The molecule has 0 saturated heterocycles. The second-order valence-electron chi connectivity index (χ2n) is 6.32. The minimum atomic E-state index is -0.240. The number of aromatic nitrogens is 2. The van der Waals surface area contributed by atoms with Crippen molar-refractivity contribution in [2.45, 2.75) is 44.8 Å². The summed E-state index contributed by atoms with van der Waals surface area (Å²) in [4.78, 5) is 12.1. The molecule has 128 valence electrons. The van der Waals surface area contributed by atoms with Crippen molar-refractivity contribution < 1.29 is 9.53 Å². The molecule has 1 fully saturated rings. The van der Waals surface area contributed by atoms with E-state index in [0.717, 1.165) is 29.8 Å². The van der Waals surface area contributed by atoms with Crippen LogP contribution in [-0.2, 0) is 7.05 Å². The van der Waals surface area contributed by atoms with Gasteiger partial charge in [-0.3, -0.25) is 4.68 Å². The molecule has 1 aliphatic carbocycles. The number of amides is 2. The molecule has 3 rings (SSSR count). The van der Waals surface area contributed by atoms with Crippen LogP contribution in [0.15, 0.2) is 36.7 Å². The summed E-state index contributed by atoms with van der Waals surface area (Å²) < 4.78 is 7.64. The lowest BCUT2D eigenvalue weighted by molar-refractivity contribution is 0.210. The zero-order chi connectivity index (χ0) is 16.9. The number of hydrogen-bond acceptors (Lipinski definition) is 3. The van der Waals surface area contributed by atoms with Gasteiger partial charge in [0.05, 0.1) is 18.3 Å². The molecule has 24 heavy (non-hydrogen) atoms. The fraction of sp³-hybridized carbons (Fsp3) is 0.444. The summed E-state index contributed by atoms with van der Waals surface area (Å²) in [7, 11) is 1.85. The molecule has 2 amide bonds. The smallest absolute Gasteiger partial charge is 0.319 e. The number of carbonyl (C=O) groups is 1. The minimum absolute atomic E-state index is 0.108. The highest BCUT2D eigenvalue weighted by molar-refractivity contribution is 5.89. The summed E-state index contributed by atoms with van der Waals surface area (Å²) >= 11 is 0. The van der Waals surface area contributed by atoms with Crippen LogP contribution in [0.5, 0.6) is 5.75 Å². The molecule has 1 saturated carbocycles. The highest BCUT2D eigenvalue weighted by Crippen LogP contribution is 2.25. The molecular formula is C18H24N4O2. The van der Waals surface area contributed by atoms with E-state index in [2.05, 4.69) is 15.7 Å². The SMILES string of the molecule is C[C@H](NC(=O)Nc1ccc(OC2CCCC2)cc1)c1cnn(C)c1. The first-order chi connectivity index (χ1) is 11.6. The van der Waals surface area contributed by atoms with Crippen molar-refractivity contribution in [3.63, 3.8) is 0 Å². The Morgan fingerprint density at radius 2 is 2.00 bits per heavy atom. The van der Waals surface area contributed by atoms with E-state index in [0.29, 0.717) is 6.10 Å². The fourth-order valence-electron chi connectivity index (χ4n) is 2.93. The first kappa shape index (κ1) is 16.4. The molecule has 1 heterocycles. The molecule has 0 aliphatic heterocycles. The van der Waals surface area contributed by atoms with Gasteiger partial charge in [-0.2, -0.15) is 5.10 Å². The zero-order valence-corrected chi connectivity index (χ0v) is 14.2. The van der Waals surface area contributed by atoms with E-state index in [4.69, 9.17) is 4.74 Å². The lowest BCUT2D eigenvalue weighted by Crippen LogP contribution is -2.31. The molecule has 1 aromatic carbocycles. The monoisotopic (exact) mass is 328 g/mol. The summed E-state index contributed by atoms with van der Waals surface area (Å²) in [6.07, 6.45) is 8.75. The van der Waals surface area contributed by atoms with Crippen LogP contribution in [0.3, 0.4) is 0 Å². The highest BCUT2D eigenvalue weighted by atomic mass is 16.5. The van der Waals surface area contributed by atoms with Crippen LogP contribution in [0.25, 0.3) is 0 Å². The maximum absolute atomic E-state index is 12.1. The van der Waals surface area contributed by atoms with E-state index in [9.17, 15) is 4.79 Å². The first-order valence-corrected chi connectivity index (χ1v) is 8.43. The number of ether oxygens (including phenoxy) is 1. The average Bonchev–Trinajstić information content (AvgIpc) is 3.21. The summed E-state index contributed by atoms with van der Waals surface area (Å²) in [5, 5.41) is 9.85. The molecule has 0 radical (unpaired) electrons. The molecule has 0 unspecified atom stereocenters. The van der Waals surface area contributed by atoms with E-state index < -0.39 is 0 Å². The maximum atomic E-state index is 12.1. The third kappa shape index (κ3) is 4.28. The molecule has 1 aliphatic rings. The number of hydrogen-bond donors (Lipinski definition) is 2. The number of nitrogens with zero attached hydrogens (tertiary/aromatic N) is 2. The van der Waals surface area contributed by atoms with Crippen molar-refractivity contribution >= 4 is 11.7 Å². The Hall–Kier alpha value is -2.50. The van der Waals surface area contributed by atoms with E-state index in [1.54, 1.807) is 10.9 Å². The van der Waals surface area contributed by atoms with Crippen molar-refractivity contribution in [2.75, 3.05) is 5.32 Å². The van der Waals surface area contributed by atoms with Gasteiger partial charge in [-0.15, -0.1) is 0 Å². The predicted molar refractivity (Wildman–Crippen MR) is 93.1 cm³/mol. The average molecular weight is 328 g/mol.